The molecule has 10 heteroatoms. The lowest BCUT2D eigenvalue weighted by molar-refractivity contribution is -0.119. The van der Waals surface area contributed by atoms with Crippen molar-refractivity contribution in [3.63, 3.8) is 0 Å². The number of carbonyl (C=O) groups is 2. The van der Waals surface area contributed by atoms with E-state index in [9.17, 15) is 9.59 Å². The number of hydrogen-bond donors (Lipinski definition) is 2. The summed E-state index contributed by atoms with van der Waals surface area (Å²) in [4.78, 5) is 27.9. The summed E-state index contributed by atoms with van der Waals surface area (Å²) in [6.45, 7) is 6.32. The van der Waals surface area contributed by atoms with Crippen molar-refractivity contribution in [1.29, 1.82) is 0 Å². The number of amides is 1. The minimum absolute atomic E-state index is 0.0173. The molecule has 0 aliphatic carbocycles. The Kier molecular flexibility index (Phi) is 7.52. The lowest BCUT2D eigenvalue weighted by atomic mass is 9.87. The molecule has 0 spiro atoms. The van der Waals surface area contributed by atoms with E-state index < -0.39 is 11.9 Å². The highest BCUT2D eigenvalue weighted by Gasteiger charge is 2.14. The van der Waals surface area contributed by atoms with Gasteiger partial charge in [0.05, 0.1) is 0 Å². The molecule has 0 bridgehead atoms. The van der Waals surface area contributed by atoms with Crippen molar-refractivity contribution in [2.75, 3.05) is 6.61 Å². The highest BCUT2D eigenvalue weighted by molar-refractivity contribution is 5.98. The van der Waals surface area contributed by atoms with Gasteiger partial charge in [0.1, 0.15) is 11.5 Å². The molecule has 0 saturated heterocycles. The van der Waals surface area contributed by atoms with Gasteiger partial charge < -0.3 is 25.8 Å². The van der Waals surface area contributed by atoms with E-state index in [1.165, 1.54) is 16.3 Å². The first-order chi connectivity index (χ1) is 16.1. The topological polar surface area (TPSA) is 144 Å². The summed E-state index contributed by atoms with van der Waals surface area (Å²) >= 11 is 0. The van der Waals surface area contributed by atoms with Gasteiger partial charge in [0.2, 0.25) is 0 Å². The second kappa shape index (κ2) is 10.5. The van der Waals surface area contributed by atoms with Crippen LogP contribution < -0.4 is 20.9 Å². The van der Waals surface area contributed by atoms with Gasteiger partial charge in [-0.15, -0.1) is 0 Å². The Labute approximate surface area is 197 Å². The van der Waals surface area contributed by atoms with Crippen molar-refractivity contribution in [3.8, 4) is 11.5 Å². The second-order valence-corrected chi connectivity index (χ2v) is 8.42. The largest absolute Gasteiger partial charge is 0.484 e. The summed E-state index contributed by atoms with van der Waals surface area (Å²) in [5.41, 5.74) is 12.7. The van der Waals surface area contributed by atoms with Crippen molar-refractivity contribution in [2.45, 2.75) is 32.9 Å². The zero-order valence-electron chi connectivity index (χ0n) is 19.2. The summed E-state index contributed by atoms with van der Waals surface area (Å²) < 4.78 is 12.3. The molecule has 0 fully saturated rings. The number of rotatable bonds is 9. The maximum Gasteiger partial charge on any atom is 0.385 e. The Morgan fingerprint density at radius 1 is 0.941 bits per heavy atom. The molecule has 2 aromatic carbocycles. The Morgan fingerprint density at radius 2 is 1.56 bits per heavy atom. The molecular weight excluding hydrogens is 438 g/mol. The third-order valence-electron chi connectivity index (χ3n) is 4.69. The number of carbonyl (C=O) groups excluding carboxylic acids is 2. The Bertz CT molecular complexity index is 1160. The van der Waals surface area contributed by atoms with Crippen LogP contribution in [0.25, 0.3) is 0 Å². The lowest BCUT2D eigenvalue weighted by Gasteiger charge is -2.19. The first-order valence-corrected chi connectivity index (χ1v) is 10.4. The fraction of sp³-hybridized carbons (Fsp3) is 0.250. The lowest BCUT2D eigenvalue weighted by Crippen LogP contribution is -2.20. The van der Waals surface area contributed by atoms with Crippen LogP contribution in [0.3, 0.4) is 0 Å². The Hall–Kier alpha value is -4.34. The smallest absolute Gasteiger partial charge is 0.385 e. The van der Waals surface area contributed by atoms with Gasteiger partial charge in [-0.25, -0.2) is 9.48 Å². The Morgan fingerprint density at radius 3 is 2.18 bits per heavy atom. The SMILES string of the molecule is CC(C)(C)c1ccc(OCn2ccc(C(=O)O/N=C(\N)c3ccc(OCC(N)=O)cc3)n2)cc1. The van der Waals surface area contributed by atoms with Gasteiger partial charge >= 0.3 is 5.97 Å². The summed E-state index contributed by atoms with van der Waals surface area (Å²) in [7, 11) is 0. The predicted octanol–water partition coefficient (Wildman–Crippen LogP) is 2.56. The number of oxime groups is 1. The number of primary amides is 1. The maximum atomic E-state index is 12.2. The van der Waals surface area contributed by atoms with E-state index in [2.05, 4.69) is 31.0 Å². The number of ether oxygens (including phenoxy) is 2. The van der Waals surface area contributed by atoms with Crippen LogP contribution in [0.5, 0.6) is 11.5 Å². The summed E-state index contributed by atoms with van der Waals surface area (Å²) in [5, 5.41) is 7.79. The van der Waals surface area contributed by atoms with Crippen LogP contribution >= 0.6 is 0 Å². The van der Waals surface area contributed by atoms with E-state index in [0.29, 0.717) is 17.1 Å². The molecule has 1 amide bonds. The van der Waals surface area contributed by atoms with E-state index in [1.807, 2.05) is 24.3 Å². The van der Waals surface area contributed by atoms with Crippen LogP contribution in [-0.4, -0.2) is 34.1 Å². The van der Waals surface area contributed by atoms with Gasteiger partial charge in [-0.1, -0.05) is 38.1 Å². The molecule has 0 unspecified atom stereocenters. The van der Waals surface area contributed by atoms with Gasteiger partial charge in [-0.3, -0.25) is 4.79 Å². The summed E-state index contributed by atoms with van der Waals surface area (Å²) in [5.74, 6) is -0.240. The van der Waals surface area contributed by atoms with Crippen LogP contribution in [0.2, 0.25) is 0 Å². The maximum absolute atomic E-state index is 12.2. The van der Waals surface area contributed by atoms with Crippen molar-refractivity contribution >= 4 is 17.7 Å². The first-order valence-electron chi connectivity index (χ1n) is 10.4. The van der Waals surface area contributed by atoms with E-state index >= 15 is 0 Å². The van der Waals surface area contributed by atoms with Crippen molar-refractivity contribution in [3.05, 3.63) is 77.6 Å². The fourth-order valence-electron chi connectivity index (χ4n) is 2.80. The normalized spacial score (nSPS) is 11.7. The molecule has 0 atom stereocenters. The molecule has 178 valence electrons. The van der Waals surface area contributed by atoms with Gasteiger partial charge in [0.15, 0.2) is 24.9 Å². The van der Waals surface area contributed by atoms with Crippen LogP contribution in [0, 0.1) is 0 Å². The average molecular weight is 466 g/mol. The molecule has 0 aliphatic rings. The predicted molar refractivity (Wildman–Crippen MR) is 125 cm³/mol. The molecule has 3 aromatic rings. The van der Waals surface area contributed by atoms with Gasteiger partial charge in [0.25, 0.3) is 5.91 Å². The summed E-state index contributed by atoms with van der Waals surface area (Å²) in [6, 6.07) is 15.7. The van der Waals surface area contributed by atoms with Crippen molar-refractivity contribution < 1.29 is 23.9 Å². The number of nitrogens with two attached hydrogens (primary N) is 2. The number of hydrogen-bond acceptors (Lipinski definition) is 7. The third kappa shape index (κ3) is 6.83. The number of benzene rings is 2. The number of aromatic nitrogens is 2. The quantitative estimate of drug-likeness (QED) is 0.214. The second-order valence-electron chi connectivity index (χ2n) is 8.42. The van der Waals surface area contributed by atoms with E-state index in [0.717, 1.165) is 0 Å². The molecule has 10 nitrogen and oxygen atoms in total. The average Bonchev–Trinajstić information content (AvgIpc) is 3.29. The fourth-order valence-corrected chi connectivity index (χ4v) is 2.80. The molecule has 4 N–H and O–H groups in total. The molecule has 0 aliphatic heterocycles. The van der Waals surface area contributed by atoms with E-state index in [4.69, 9.17) is 25.8 Å². The molecular formula is C24H27N5O5. The first kappa shape index (κ1) is 24.3. The van der Waals surface area contributed by atoms with Crippen molar-refractivity contribution in [2.24, 2.45) is 16.6 Å². The van der Waals surface area contributed by atoms with Crippen molar-refractivity contribution in [1.82, 2.24) is 9.78 Å². The number of amidine groups is 1. The zero-order valence-corrected chi connectivity index (χ0v) is 19.2. The van der Waals surface area contributed by atoms with Gasteiger partial charge in [-0.2, -0.15) is 5.10 Å². The zero-order chi connectivity index (χ0) is 24.7. The monoisotopic (exact) mass is 465 g/mol. The van der Waals surface area contributed by atoms with Gasteiger partial charge in [0, 0.05) is 11.8 Å². The van der Waals surface area contributed by atoms with Gasteiger partial charge in [-0.05, 0) is 53.4 Å². The molecule has 0 radical (unpaired) electrons. The molecule has 1 aromatic heterocycles. The van der Waals surface area contributed by atoms with E-state index in [-0.39, 0.29) is 30.3 Å². The van der Waals surface area contributed by atoms with Crippen LogP contribution in [0.1, 0.15) is 42.4 Å². The van der Waals surface area contributed by atoms with E-state index in [1.54, 1.807) is 30.5 Å². The minimum atomic E-state index is -0.766. The highest BCUT2D eigenvalue weighted by atomic mass is 16.7. The molecule has 3 rings (SSSR count). The molecule has 0 saturated carbocycles. The van der Waals surface area contributed by atoms with Crippen LogP contribution in [0.4, 0.5) is 0 Å². The van der Waals surface area contributed by atoms with Crippen LogP contribution in [-0.2, 0) is 21.8 Å². The van der Waals surface area contributed by atoms with Crippen LogP contribution in [0.15, 0.2) is 65.9 Å². The third-order valence-corrected chi connectivity index (χ3v) is 4.69. The summed E-state index contributed by atoms with van der Waals surface area (Å²) in [6.07, 6.45) is 1.60. The Balaban J connectivity index is 1.52. The standard InChI is InChI=1S/C24H27N5O5/c1-24(2,3)17-6-10-19(11-7-17)33-15-29-13-12-20(27-29)23(31)34-28-22(26)16-4-8-18(9-5-16)32-14-21(25)30/h4-13H,14-15H2,1-3H3,(H2,25,30)(H2,26,28). The highest BCUT2D eigenvalue weighted by Crippen LogP contribution is 2.24. The molecule has 34 heavy (non-hydrogen) atoms. The molecule has 1 heterocycles. The minimum Gasteiger partial charge on any atom is -0.484 e. The number of nitrogens with zero attached hydrogens (tertiary/aromatic N) is 3.